The highest BCUT2D eigenvalue weighted by Gasteiger charge is 2.39. The van der Waals surface area contributed by atoms with Gasteiger partial charge in [0.05, 0.1) is 10.6 Å². The van der Waals surface area contributed by atoms with E-state index < -0.39 is 9.84 Å². The maximum Gasteiger partial charge on any atom is 0.224 e. The fourth-order valence-corrected chi connectivity index (χ4v) is 4.70. The molecule has 0 fully saturated rings. The first-order valence-electron chi connectivity index (χ1n) is 7.22. The number of anilines is 5. The van der Waals surface area contributed by atoms with E-state index in [1.165, 1.54) is 6.07 Å². The Labute approximate surface area is 148 Å². The molecule has 25 heavy (non-hydrogen) atoms. The molecule has 0 saturated carbocycles. The average molecular weight is 374 g/mol. The summed E-state index contributed by atoms with van der Waals surface area (Å²) in [6, 6.07) is 13.8. The summed E-state index contributed by atoms with van der Waals surface area (Å²) in [5, 5.41) is 0.300. The summed E-state index contributed by atoms with van der Waals surface area (Å²) in [6.45, 7) is 0. The minimum atomic E-state index is -3.94. The Morgan fingerprint density at radius 1 is 1.00 bits per heavy atom. The van der Waals surface area contributed by atoms with E-state index in [1.807, 2.05) is 30.3 Å². The van der Waals surface area contributed by atoms with Gasteiger partial charge in [-0.25, -0.2) is 8.42 Å². The summed E-state index contributed by atoms with van der Waals surface area (Å²) in [5.74, 6) is -0.190. The van der Waals surface area contributed by atoms with Gasteiger partial charge in [-0.3, -0.25) is 4.90 Å². The first kappa shape index (κ1) is 15.7. The molecule has 1 aliphatic rings. The second kappa shape index (κ2) is 5.33. The van der Waals surface area contributed by atoms with Crippen LogP contribution in [-0.2, 0) is 9.84 Å². The highest BCUT2D eigenvalue weighted by atomic mass is 35.5. The number of halogens is 1. The fourth-order valence-electron chi connectivity index (χ4n) is 2.83. The van der Waals surface area contributed by atoms with Crippen LogP contribution in [0.5, 0.6) is 0 Å². The number of nitrogens with two attached hydrogens (primary N) is 2. The van der Waals surface area contributed by atoms with Crippen LogP contribution in [0.15, 0.2) is 58.3 Å². The van der Waals surface area contributed by atoms with Gasteiger partial charge in [0.1, 0.15) is 0 Å². The summed E-state index contributed by atoms with van der Waals surface area (Å²) in [7, 11) is -3.94. The Morgan fingerprint density at radius 2 is 1.72 bits per heavy atom. The Balaban J connectivity index is 2.15. The quantitative estimate of drug-likeness (QED) is 0.527. The van der Waals surface area contributed by atoms with Crippen LogP contribution >= 0.6 is 11.6 Å². The van der Waals surface area contributed by atoms with Crippen molar-refractivity contribution >= 4 is 50.4 Å². The van der Waals surface area contributed by atoms with E-state index in [-0.39, 0.29) is 27.4 Å². The normalized spacial score (nSPS) is 14.7. The van der Waals surface area contributed by atoms with Crippen LogP contribution in [0, 0.1) is 0 Å². The molecule has 2 aromatic carbocycles. The summed E-state index contributed by atoms with van der Waals surface area (Å²) in [5.41, 5.74) is 12.7. The molecule has 3 aromatic rings. The van der Waals surface area contributed by atoms with Gasteiger partial charge in [0.25, 0.3) is 0 Å². The van der Waals surface area contributed by atoms with Crippen molar-refractivity contribution in [3.8, 4) is 0 Å². The van der Waals surface area contributed by atoms with Gasteiger partial charge in [-0.2, -0.15) is 9.97 Å². The standard InChI is InChI=1S/C16H12ClN5O2S/c17-9-6-7-11-12(8-9)25(23,24)13-14(18)20-16(19)21-15(13)22(11)10-4-2-1-3-5-10/h1-8H,(H4,18,19,20,21). The van der Waals surface area contributed by atoms with Crippen molar-refractivity contribution in [2.75, 3.05) is 16.4 Å². The van der Waals surface area contributed by atoms with E-state index in [4.69, 9.17) is 23.1 Å². The summed E-state index contributed by atoms with van der Waals surface area (Å²) < 4.78 is 26.1. The van der Waals surface area contributed by atoms with Gasteiger partial charge in [-0.05, 0) is 30.3 Å². The van der Waals surface area contributed by atoms with Crippen molar-refractivity contribution in [3.05, 3.63) is 53.6 Å². The van der Waals surface area contributed by atoms with Crippen molar-refractivity contribution in [2.24, 2.45) is 0 Å². The number of hydrogen-bond acceptors (Lipinski definition) is 7. The Hall–Kier alpha value is -2.84. The lowest BCUT2D eigenvalue weighted by atomic mass is 10.2. The Bertz CT molecular complexity index is 1100. The number of sulfone groups is 1. The molecule has 0 saturated heterocycles. The third-order valence-corrected chi connectivity index (χ3v) is 5.91. The summed E-state index contributed by atoms with van der Waals surface area (Å²) >= 11 is 6.02. The second-order valence-corrected chi connectivity index (χ2v) is 7.70. The molecule has 0 amide bonds. The molecule has 1 aromatic heterocycles. The molecule has 9 heteroatoms. The smallest absolute Gasteiger partial charge is 0.224 e. The van der Waals surface area contributed by atoms with Crippen LogP contribution in [0.25, 0.3) is 0 Å². The van der Waals surface area contributed by atoms with Crippen LogP contribution in [0.3, 0.4) is 0 Å². The molecular formula is C16H12ClN5O2S. The molecule has 0 spiro atoms. The van der Waals surface area contributed by atoms with Crippen LogP contribution in [0.2, 0.25) is 5.02 Å². The molecule has 0 radical (unpaired) electrons. The first-order chi connectivity index (χ1) is 11.9. The fraction of sp³-hybridized carbons (Fsp3) is 0. The molecule has 126 valence electrons. The highest BCUT2D eigenvalue weighted by molar-refractivity contribution is 7.92. The number of nitrogen functional groups attached to an aromatic ring is 2. The number of aromatic nitrogens is 2. The molecule has 4 rings (SSSR count). The topological polar surface area (TPSA) is 115 Å². The van der Waals surface area contributed by atoms with Gasteiger partial charge in [0, 0.05) is 10.7 Å². The average Bonchev–Trinajstić information content (AvgIpc) is 2.55. The lowest BCUT2D eigenvalue weighted by molar-refractivity contribution is 0.594. The maximum absolute atomic E-state index is 13.1. The molecule has 0 atom stereocenters. The van der Waals surface area contributed by atoms with E-state index in [2.05, 4.69) is 9.97 Å². The van der Waals surface area contributed by atoms with Crippen LogP contribution < -0.4 is 16.4 Å². The molecular weight excluding hydrogens is 362 g/mol. The van der Waals surface area contributed by atoms with Gasteiger partial charge < -0.3 is 11.5 Å². The van der Waals surface area contributed by atoms with Crippen LogP contribution in [0.4, 0.5) is 29.0 Å². The monoisotopic (exact) mass is 373 g/mol. The van der Waals surface area contributed by atoms with Crippen molar-refractivity contribution in [1.82, 2.24) is 9.97 Å². The molecule has 0 bridgehead atoms. The number of fused-ring (bicyclic) bond motifs is 2. The lowest BCUT2D eigenvalue weighted by Gasteiger charge is -2.32. The van der Waals surface area contributed by atoms with Crippen molar-refractivity contribution in [2.45, 2.75) is 9.79 Å². The first-order valence-corrected chi connectivity index (χ1v) is 9.08. The number of para-hydroxylation sites is 1. The van der Waals surface area contributed by atoms with E-state index in [0.29, 0.717) is 16.4 Å². The molecule has 1 aliphatic heterocycles. The highest BCUT2D eigenvalue weighted by Crippen LogP contribution is 2.49. The Morgan fingerprint density at radius 3 is 2.44 bits per heavy atom. The predicted molar refractivity (Wildman–Crippen MR) is 96.0 cm³/mol. The maximum atomic E-state index is 13.1. The van der Waals surface area contributed by atoms with Gasteiger partial charge in [-0.15, -0.1) is 0 Å². The van der Waals surface area contributed by atoms with Crippen molar-refractivity contribution in [1.29, 1.82) is 0 Å². The van der Waals surface area contributed by atoms with Gasteiger partial charge in [0.2, 0.25) is 15.8 Å². The van der Waals surface area contributed by atoms with E-state index in [1.54, 1.807) is 17.0 Å². The van der Waals surface area contributed by atoms with E-state index in [0.717, 1.165) is 0 Å². The largest absolute Gasteiger partial charge is 0.382 e. The molecule has 2 heterocycles. The molecule has 0 unspecified atom stereocenters. The molecule has 4 N–H and O–H groups in total. The summed E-state index contributed by atoms with van der Waals surface area (Å²) in [4.78, 5) is 9.50. The van der Waals surface area contributed by atoms with Crippen LogP contribution in [0.1, 0.15) is 0 Å². The third-order valence-electron chi connectivity index (χ3n) is 3.84. The number of nitrogens with zero attached hydrogens (tertiary/aromatic N) is 3. The zero-order valence-electron chi connectivity index (χ0n) is 12.7. The minimum Gasteiger partial charge on any atom is -0.382 e. The Kier molecular flexibility index (Phi) is 3.34. The van der Waals surface area contributed by atoms with E-state index >= 15 is 0 Å². The van der Waals surface area contributed by atoms with Crippen LogP contribution in [-0.4, -0.2) is 18.4 Å². The van der Waals surface area contributed by atoms with Gasteiger partial charge in [0.15, 0.2) is 16.5 Å². The summed E-state index contributed by atoms with van der Waals surface area (Å²) in [6.07, 6.45) is 0. The predicted octanol–water partition coefficient (Wildman–Crippen LogP) is 2.91. The van der Waals surface area contributed by atoms with Gasteiger partial charge in [-0.1, -0.05) is 29.8 Å². The minimum absolute atomic E-state index is 0.0384. The third kappa shape index (κ3) is 2.30. The lowest BCUT2D eigenvalue weighted by Crippen LogP contribution is -2.25. The van der Waals surface area contributed by atoms with Gasteiger partial charge >= 0.3 is 0 Å². The SMILES string of the molecule is Nc1nc(N)c2c(n1)N(c1ccccc1)c1ccc(Cl)cc1S2(=O)=O. The van der Waals surface area contributed by atoms with Crippen molar-refractivity contribution < 1.29 is 8.42 Å². The van der Waals surface area contributed by atoms with Crippen molar-refractivity contribution in [3.63, 3.8) is 0 Å². The second-order valence-electron chi connectivity index (χ2n) is 5.41. The zero-order chi connectivity index (χ0) is 17.8. The molecule has 7 nitrogen and oxygen atoms in total. The number of hydrogen-bond donors (Lipinski definition) is 2. The number of benzene rings is 2. The molecule has 0 aliphatic carbocycles. The zero-order valence-corrected chi connectivity index (χ0v) is 14.3. The van der Waals surface area contributed by atoms with E-state index in [9.17, 15) is 8.42 Å². The number of rotatable bonds is 1.